The van der Waals surface area contributed by atoms with Crippen molar-refractivity contribution in [1.82, 2.24) is 10.2 Å². The van der Waals surface area contributed by atoms with Crippen LogP contribution in [0.25, 0.3) is 0 Å². The van der Waals surface area contributed by atoms with E-state index in [9.17, 15) is 4.79 Å². The Kier molecular flexibility index (Phi) is 3.27. The van der Waals surface area contributed by atoms with Crippen molar-refractivity contribution in [3.63, 3.8) is 0 Å². The van der Waals surface area contributed by atoms with Crippen LogP contribution in [0.1, 0.15) is 13.8 Å². The van der Waals surface area contributed by atoms with Gasteiger partial charge in [-0.25, -0.2) is 0 Å². The fourth-order valence-electron chi connectivity index (χ4n) is 1.49. The molecule has 13 heavy (non-hydrogen) atoms. The highest BCUT2D eigenvalue weighted by Gasteiger charge is 2.34. The van der Waals surface area contributed by atoms with Crippen LogP contribution in [0.5, 0.6) is 0 Å². The highest BCUT2D eigenvalue weighted by molar-refractivity contribution is 5.86. The molecule has 0 radical (unpaired) electrons. The fourth-order valence-corrected chi connectivity index (χ4v) is 1.49. The largest absolute Gasteiger partial charge is 0.383 e. The number of nitrogens with zero attached hydrogens (tertiary/aromatic N) is 1. The van der Waals surface area contributed by atoms with Gasteiger partial charge >= 0.3 is 0 Å². The normalized spacial score (nSPS) is 22.1. The molecule has 0 aromatic rings. The first-order valence-corrected chi connectivity index (χ1v) is 4.61. The topological polar surface area (TPSA) is 41.6 Å². The summed E-state index contributed by atoms with van der Waals surface area (Å²) < 4.78 is 4.95. The Morgan fingerprint density at radius 3 is 2.92 bits per heavy atom. The van der Waals surface area contributed by atoms with E-state index in [-0.39, 0.29) is 5.91 Å². The van der Waals surface area contributed by atoms with E-state index >= 15 is 0 Å². The molecular weight excluding hydrogens is 168 g/mol. The minimum Gasteiger partial charge on any atom is -0.383 e. The van der Waals surface area contributed by atoms with Crippen molar-refractivity contribution < 1.29 is 9.53 Å². The lowest BCUT2D eigenvalue weighted by Gasteiger charge is -2.37. The number of carbonyl (C=O) groups is 1. The summed E-state index contributed by atoms with van der Waals surface area (Å²) >= 11 is 0. The molecule has 4 nitrogen and oxygen atoms in total. The Labute approximate surface area is 79.2 Å². The number of nitrogens with one attached hydrogen (secondary N) is 1. The van der Waals surface area contributed by atoms with Crippen LogP contribution in [0.4, 0.5) is 0 Å². The number of rotatable bonds is 3. The van der Waals surface area contributed by atoms with Crippen LogP contribution >= 0.6 is 0 Å². The Morgan fingerprint density at radius 2 is 2.31 bits per heavy atom. The quantitative estimate of drug-likeness (QED) is 0.666. The van der Waals surface area contributed by atoms with E-state index in [1.807, 2.05) is 18.7 Å². The van der Waals surface area contributed by atoms with Crippen LogP contribution in [0.3, 0.4) is 0 Å². The Balaban J connectivity index is 2.51. The van der Waals surface area contributed by atoms with Gasteiger partial charge in [-0.2, -0.15) is 0 Å². The smallest absolute Gasteiger partial charge is 0.242 e. The van der Waals surface area contributed by atoms with Crippen LogP contribution in [-0.4, -0.2) is 49.7 Å². The predicted molar refractivity (Wildman–Crippen MR) is 50.5 cm³/mol. The zero-order chi connectivity index (χ0) is 9.90. The van der Waals surface area contributed by atoms with Crippen LogP contribution in [0, 0.1) is 0 Å². The van der Waals surface area contributed by atoms with Gasteiger partial charge in [0.1, 0.15) is 0 Å². The van der Waals surface area contributed by atoms with Gasteiger partial charge < -0.3 is 15.0 Å². The molecule has 1 heterocycles. The molecule has 1 aliphatic rings. The summed E-state index contributed by atoms with van der Waals surface area (Å²) in [6, 6.07) is 0. The molecule has 0 saturated carbocycles. The van der Waals surface area contributed by atoms with Gasteiger partial charge in [-0.15, -0.1) is 0 Å². The number of ether oxygens (including phenoxy) is 1. The fraction of sp³-hybridized carbons (Fsp3) is 0.889. The second kappa shape index (κ2) is 4.07. The molecule has 1 fully saturated rings. The molecule has 0 aliphatic carbocycles. The number of hydrogen-bond acceptors (Lipinski definition) is 3. The van der Waals surface area contributed by atoms with Gasteiger partial charge in [-0.3, -0.25) is 4.79 Å². The van der Waals surface area contributed by atoms with E-state index in [0.29, 0.717) is 13.2 Å². The van der Waals surface area contributed by atoms with Gasteiger partial charge in [-0.1, -0.05) is 0 Å². The molecule has 0 bridgehead atoms. The van der Waals surface area contributed by atoms with E-state index in [0.717, 1.165) is 13.1 Å². The molecule has 0 unspecified atom stereocenters. The summed E-state index contributed by atoms with van der Waals surface area (Å²) in [5, 5.41) is 3.18. The molecule has 76 valence electrons. The minimum absolute atomic E-state index is 0.163. The third-order valence-electron chi connectivity index (χ3n) is 2.34. The molecule has 1 saturated heterocycles. The predicted octanol–water partition coefficient (Wildman–Crippen LogP) is -0.157. The number of carbonyl (C=O) groups excluding carboxylic acids is 1. The minimum atomic E-state index is -0.411. The second-order valence-corrected chi connectivity index (χ2v) is 3.84. The van der Waals surface area contributed by atoms with Gasteiger partial charge in [0.05, 0.1) is 12.1 Å². The maximum atomic E-state index is 11.8. The average Bonchev–Trinajstić information content (AvgIpc) is 2.08. The average molecular weight is 186 g/mol. The summed E-state index contributed by atoms with van der Waals surface area (Å²) in [7, 11) is 1.65. The highest BCUT2D eigenvalue weighted by atomic mass is 16.5. The van der Waals surface area contributed by atoms with Gasteiger partial charge in [0.25, 0.3) is 0 Å². The maximum absolute atomic E-state index is 11.8. The first-order valence-electron chi connectivity index (χ1n) is 4.61. The first kappa shape index (κ1) is 10.5. The Morgan fingerprint density at radius 1 is 1.62 bits per heavy atom. The molecule has 1 N–H and O–H groups in total. The van der Waals surface area contributed by atoms with Gasteiger partial charge in [0.2, 0.25) is 5.91 Å². The van der Waals surface area contributed by atoms with Crippen LogP contribution in [0.15, 0.2) is 0 Å². The number of amides is 1. The summed E-state index contributed by atoms with van der Waals surface area (Å²) in [6.07, 6.45) is 0. The van der Waals surface area contributed by atoms with Gasteiger partial charge in [-0.05, 0) is 13.8 Å². The number of piperazine rings is 1. The van der Waals surface area contributed by atoms with E-state index in [1.165, 1.54) is 0 Å². The summed E-state index contributed by atoms with van der Waals surface area (Å²) in [4.78, 5) is 13.6. The number of hydrogen-bond donors (Lipinski definition) is 1. The molecule has 1 aliphatic heterocycles. The standard InChI is InChI=1S/C9H18N2O2/c1-9(2)8(12)11(5-4-10-9)6-7-13-3/h10H,4-7H2,1-3H3. The van der Waals surface area contributed by atoms with Crippen molar-refractivity contribution in [3.8, 4) is 0 Å². The second-order valence-electron chi connectivity index (χ2n) is 3.84. The van der Waals surface area contributed by atoms with Crippen molar-refractivity contribution in [2.24, 2.45) is 0 Å². The molecular formula is C9H18N2O2. The highest BCUT2D eigenvalue weighted by Crippen LogP contribution is 2.11. The number of methoxy groups -OCH3 is 1. The maximum Gasteiger partial charge on any atom is 0.242 e. The third-order valence-corrected chi connectivity index (χ3v) is 2.34. The lowest BCUT2D eigenvalue weighted by atomic mass is 10.0. The molecule has 0 aromatic carbocycles. The van der Waals surface area contributed by atoms with Crippen LogP contribution < -0.4 is 5.32 Å². The van der Waals surface area contributed by atoms with Crippen molar-refractivity contribution in [1.29, 1.82) is 0 Å². The molecule has 1 rings (SSSR count). The van der Waals surface area contributed by atoms with Crippen molar-refractivity contribution in [2.45, 2.75) is 19.4 Å². The van der Waals surface area contributed by atoms with Gasteiger partial charge in [0.15, 0.2) is 0 Å². The van der Waals surface area contributed by atoms with Gasteiger partial charge in [0, 0.05) is 26.7 Å². The van der Waals surface area contributed by atoms with Crippen molar-refractivity contribution in [2.75, 3.05) is 33.4 Å². The van der Waals surface area contributed by atoms with E-state index in [4.69, 9.17) is 4.74 Å². The third kappa shape index (κ3) is 2.42. The summed E-state index contributed by atoms with van der Waals surface area (Å²) in [5.41, 5.74) is -0.411. The molecule has 0 spiro atoms. The van der Waals surface area contributed by atoms with Crippen molar-refractivity contribution >= 4 is 5.91 Å². The SMILES string of the molecule is COCCN1CCNC(C)(C)C1=O. The Hall–Kier alpha value is -0.610. The lowest BCUT2D eigenvalue weighted by molar-refractivity contribution is -0.140. The monoisotopic (exact) mass is 186 g/mol. The molecule has 0 atom stereocenters. The zero-order valence-electron chi connectivity index (χ0n) is 8.59. The molecule has 1 amide bonds. The van der Waals surface area contributed by atoms with E-state index in [1.54, 1.807) is 7.11 Å². The zero-order valence-corrected chi connectivity index (χ0v) is 8.59. The summed E-state index contributed by atoms with van der Waals surface area (Å²) in [5.74, 6) is 0.163. The first-order chi connectivity index (χ1) is 6.08. The lowest BCUT2D eigenvalue weighted by Crippen LogP contribution is -2.61. The van der Waals surface area contributed by atoms with E-state index < -0.39 is 5.54 Å². The van der Waals surface area contributed by atoms with Crippen molar-refractivity contribution in [3.05, 3.63) is 0 Å². The molecule has 0 aromatic heterocycles. The van der Waals surface area contributed by atoms with Crippen LogP contribution in [-0.2, 0) is 9.53 Å². The van der Waals surface area contributed by atoms with Crippen LogP contribution in [0.2, 0.25) is 0 Å². The molecule has 4 heteroatoms. The Bertz CT molecular complexity index is 192. The van der Waals surface area contributed by atoms with E-state index in [2.05, 4.69) is 5.32 Å². The summed E-state index contributed by atoms with van der Waals surface area (Å²) in [6.45, 7) is 6.78.